The molecule has 0 fully saturated rings. The van der Waals surface area contributed by atoms with Crippen molar-refractivity contribution in [1.29, 1.82) is 0 Å². The van der Waals surface area contributed by atoms with Crippen LogP contribution in [0.25, 0.3) is 0 Å². The van der Waals surface area contributed by atoms with Gasteiger partial charge in [0.25, 0.3) is 0 Å². The summed E-state index contributed by atoms with van der Waals surface area (Å²) >= 11 is 0. The Labute approximate surface area is 178 Å². The zero-order valence-corrected chi connectivity index (χ0v) is 17.0. The lowest BCUT2D eigenvalue weighted by Crippen LogP contribution is -2.20. The van der Waals surface area contributed by atoms with Crippen molar-refractivity contribution >= 4 is 23.1 Å². The molecule has 2 N–H and O–H groups in total. The quantitative estimate of drug-likeness (QED) is 0.587. The van der Waals surface area contributed by atoms with E-state index in [1.165, 1.54) is 0 Å². The number of nitrogens with zero attached hydrogens (tertiary/aromatic N) is 2. The van der Waals surface area contributed by atoms with Crippen LogP contribution in [-0.2, 0) is 22.6 Å². The lowest BCUT2D eigenvalue weighted by atomic mass is 10.1. The van der Waals surface area contributed by atoms with Gasteiger partial charge in [0.1, 0.15) is 12.2 Å². The second kappa shape index (κ2) is 8.01. The number of halogens is 1. The van der Waals surface area contributed by atoms with Crippen molar-refractivity contribution in [1.82, 2.24) is 9.97 Å². The maximum absolute atomic E-state index is 14.3. The lowest BCUT2D eigenvalue weighted by molar-refractivity contribution is -0.249. The first-order valence-corrected chi connectivity index (χ1v) is 10.0. The number of hydrogen-bond donors (Lipinski definition) is 2. The van der Waals surface area contributed by atoms with Gasteiger partial charge in [-0.05, 0) is 26.0 Å². The van der Waals surface area contributed by atoms with E-state index in [2.05, 4.69) is 20.6 Å². The number of hydrogen-bond acceptors (Lipinski definition) is 8. The molecule has 2 unspecified atom stereocenters. The number of fused-ring (bicyclic) bond motifs is 2. The summed E-state index contributed by atoms with van der Waals surface area (Å²) < 4.78 is 14.3. The van der Waals surface area contributed by atoms with Crippen LogP contribution in [-0.4, -0.2) is 22.2 Å². The van der Waals surface area contributed by atoms with Gasteiger partial charge >= 0.3 is 0 Å². The molecule has 0 aliphatic carbocycles. The van der Waals surface area contributed by atoms with E-state index in [1.54, 1.807) is 12.1 Å². The van der Waals surface area contributed by atoms with E-state index >= 15 is 0 Å². The molecule has 3 heterocycles. The second-order valence-electron chi connectivity index (χ2n) is 7.67. The molecule has 8 nitrogen and oxygen atoms in total. The Morgan fingerprint density at radius 1 is 0.871 bits per heavy atom. The number of nitrogens with one attached hydrogen (secondary N) is 2. The first-order valence-electron chi connectivity index (χ1n) is 10.0. The molecule has 0 spiro atoms. The van der Waals surface area contributed by atoms with Crippen LogP contribution >= 0.6 is 0 Å². The molecule has 9 heteroatoms. The molecule has 5 rings (SSSR count). The summed E-state index contributed by atoms with van der Waals surface area (Å²) in [6.07, 6.45) is 2.62. The zero-order valence-electron chi connectivity index (χ0n) is 17.0. The summed E-state index contributed by atoms with van der Waals surface area (Å²) in [5.74, 6) is 0.926. The Hall–Kier alpha value is -3.43. The predicted molar refractivity (Wildman–Crippen MR) is 111 cm³/mol. The molecule has 0 bridgehead atoms. The van der Waals surface area contributed by atoms with E-state index in [9.17, 15) is 4.39 Å². The topological polar surface area (TPSA) is 86.8 Å². The predicted octanol–water partition coefficient (Wildman–Crippen LogP) is 4.61. The van der Waals surface area contributed by atoms with Crippen molar-refractivity contribution in [3.05, 3.63) is 59.5 Å². The highest BCUT2D eigenvalue weighted by atomic mass is 19.1. The van der Waals surface area contributed by atoms with E-state index in [0.29, 0.717) is 22.9 Å². The van der Waals surface area contributed by atoms with Gasteiger partial charge < -0.3 is 20.4 Å². The van der Waals surface area contributed by atoms with Crippen molar-refractivity contribution in [3.63, 3.8) is 0 Å². The first-order chi connectivity index (χ1) is 15.0. The fraction of sp³-hybridized carbons (Fsp3) is 0.273. The molecule has 1 aromatic heterocycles. The largest absolute Gasteiger partial charge is 0.337 e. The van der Waals surface area contributed by atoms with Gasteiger partial charge in [-0.15, -0.1) is 0 Å². The van der Waals surface area contributed by atoms with Crippen molar-refractivity contribution in [3.8, 4) is 11.5 Å². The normalized spacial score (nSPS) is 19.5. The van der Waals surface area contributed by atoms with E-state index < -0.39 is 5.82 Å². The zero-order chi connectivity index (χ0) is 21.4. The van der Waals surface area contributed by atoms with E-state index in [-0.39, 0.29) is 24.0 Å². The maximum Gasteiger partial charge on any atom is 0.229 e. The summed E-state index contributed by atoms with van der Waals surface area (Å²) in [7, 11) is 0. The van der Waals surface area contributed by atoms with E-state index in [4.69, 9.17) is 19.6 Å². The Balaban J connectivity index is 1.34. The SMILES string of the molecule is CC1Cc2ccc(Nc3ncc(F)c(Nc4ccc5c(c4)OOC(C)C5)n3)cc2OO1. The van der Waals surface area contributed by atoms with Crippen LogP contribution in [0, 0.1) is 5.82 Å². The van der Waals surface area contributed by atoms with Gasteiger partial charge in [-0.2, -0.15) is 14.8 Å². The number of benzene rings is 2. The van der Waals surface area contributed by atoms with E-state index in [1.807, 2.05) is 38.1 Å². The summed E-state index contributed by atoms with van der Waals surface area (Å²) in [5, 5.41) is 6.03. The second-order valence-corrected chi connectivity index (χ2v) is 7.67. The van der Waals surface area contributed by atoms with Crippen LogP contribution in [0.4, 0.5) is 27.5 Å². The first kappa shape index (κ1) is 19.5. The molecule has 31 heavy (non-hydrogen) atoms. The minimum absolute atomic E-state index is 0.00401. The number of rotatable bonds is 4. The fourth-order valence-corrected chi connectivity index (χ4v) is 3.49. The molecule has 0 saturated carbocycles. The summed E-state index contributed by atoms with van der Waals surface area (Å²) in [4.78, 5) is 29.3. The van der Waals surface area contributed by atoms with Crippen LogP contribution in [0.2, 0.25) is 0 Å². The van der Waals surface area contributed by atoms with Crippen molar-refractivity contribution < 1.29 is 23.9 Å². The van der Waals surface area contributed by atoms with Gasteiger partial charge in [0.2, 0.25) is 5.95 Å². The minimum atomic E-state index is -0.578. The molecular formula is C22H21FN4O4. The van der Waals surface area contributed by atoms with Crippen molar-refractivity contribution in [2.75, 3.05) is 10.6 Å². The summed E-state index contributed by atoms with van der Waals surface area (Å²) in [6.45, 7) is 3.88. The Morgan fingerprint density at radius 2 is 1.45 bits per heavy atom. The third kappa shape index (κ3) is 4.23. The third-order valence-electron chi connectivity index (χ3n) is 5.02. The third-order valence-corrected chi connectivity index (χ3v) is 5.02. The van der Waals surface area contributed by atoms with Crippen LogP contribution in [0.15, 0.2) is 42.6 Å². The van der Waals surface area contributed by atoms with Crippen LogP contribution in [0.1, 0.15) is 25.0 Å². The number of anilines is 4. The Bertz CT molecular complexity index is 1130. The maximum atomic E-state index is 14.3. The van der Waals surface area contributed by atoms with E-state index in [0.717, 1.165) is 30.2 Å². The highest BCUT2D eigenvalue weighted by Gasteiger charge is 2.20. The average Bonchev–Trinajstić information content (AvgIpc) is 2.76. The average molecular weight is 424 g/mol. The highest BCUT2D eigenvalue weighted by Crippen LogP contribution is 2.32. The Morgan fingerprint density at radius 3 is 2.06 bits per heavy atom. The molecule has 0 radical (unpaired) electrons. The van der Waals surface area contributed by atoms with Gasteiger partial charge in [0, 0.05) is 47.5 Å². The molecule has 2 aliphatic rings. The van der Waals surface area contributed by atoms with Gasteiger partial charge in [-0.1, -0.05) is 12.1 Å². The number of aromatic nitrogens is 2. The Kier molecular flexibility index (Phi) is 5.05. The summed E-state index contributed by atoms with van der Waals surface area (Å²) in [5.41, 5.74) is 3.40. The molecule has 2 aromatic carbocycles. The standard InChI is InChI=1S/C22H21FN4O4/c1-12-7-14-3-5-16(9-19(14)30-28-12)25-21-18(23)11-24-22(27-21)26-17-6-4-15-8-13(2)29-31-20(15)10-17/h3-6,9-13H,7-8H2,1-2H3,(H2,24,25,26,27). The molecule has 0 amide bonds. The molecule has 0 saturated heterocycles. The molecule has 160 valence electrons. The van der Waals surface area contributed by atoms with Crippen LogP contribution in [0.5, 0.6) is 11.5 Å². The van der Waals surface area contributed by atoms with Gasteiger partial charge in [0.05, 0.1) is 6.20 Å². The van der Waals surface area contributed by atoms with Crippen LogP contribution in [0.3, 0.4) is 0 Å². The molecule has 2 aliphatic heterocycles. The van der Waals surface area contributed by atoms with Crippen LogP contribution < -0.4 is 20.4 Å². The highest BCUT2D eigenvalue weighted by molar-refractivity contribution is 5.63. The minimum Gasteiger partial charge on any atom is -0.337 e. The molecule has 3 aromatic rings. The smallest absolute Gasteiger partial charge is 0.229 e. The lowest BCUT2D eigenvalue weighted by Gasteiger charge is -2.21. The summed E-state index contributed by atoms with van der Waals surface area (Å²) in [6, 6.07) is 11.2. The van der Waals surface area contributed by atoms with Crippen molar-refractivity contribution in [2.24, 2.45) is 0 Å². The molecule has 2 atom stereocenters. The van der Waals surface area contributed by atoms with Gasteiger partial charge in [-0.3, -0.25) is 0 Å². The van der Waals surface area contributed by atoms with Gasteiger partial charge in [-0.25, -0.2) is 9.37 Å². The van der Waals surface area contributed by atoms with Gasteiger partial charge in [0.15, 0.2) is 23.1 Å². The van der Waals surface area contributed by atoms with Crippen molar-refractivity contribution in [2.45, 2.75) is 38.9 Å². The molecular weight excluding hydrogens is 403 g/mol. The monoisotopic (exact) mass is 424 g/mol. The fourth-order valence-electron chi connectivity index (χ4n) is 3.49.